The SMILES string of the molecule is CC(C)COC(=O)N1CCN(C(=O)c2ccc(Oc3ccc(C(N)=O)cc3)cc2)CC1. The van der Waals surface area contributed by atoms with E-state index in [-0.39, 0.29) is 17.9 Å². The highest BCUT2D eigenvalue weighted by atomic mass is 16.6. The highest BCUT2D eigenvalue weighted by molar-refractivity contribution is 5.94. The fraction of sp³-hybridized carbons (Fsp3) is 0.348. The predicted molar refractivity (Wildman–Crippen MR) is 115 cm³/mol. The Morgan fingerprint density at radius 1 is 0.839 bits per heavy atom. The molecular formula is C23H27N3O5. The van der Waals surface area contributed by atoms with Crippen LogP contribution in [0.25, 0.3) is 0 Å². The average Bonchev–Trinajstić information content (AvgIpc) is 2.78. The lowest BCUT2D eigenvalue weighted by molar-refractivity contribution is 0.0535. The summed E-state index contributed by atoms with van der Waals surface area (Å²) >= 11 is 0. The molecule has 164 valence electrons. The Bertz CT molecular complexity index is 917. The van der Waals surface area contributed by atoms with E-state index < -0.39 is 5.91 Å². The summed E-state index contributed by atoms with van der Waals surface area (Å²) in [5.41, 5.74) is 6.18. The van der Waals surface area contributed by atoms with Gasteiger partial charge in [0.15, 0.2) is 0 Å². The third kappa shape index (κ3) is 5.97. The van der Waals surface area contributed by atoms with E-state index in [4.69, 9.17) is 15.2 Å². The molecule has 0 bridgehead atoms. The second-order valence-electron chi connectivity index (χ2n) is 7.77. The number of primary amides is 1. The van der Waals surface area contributed by atoms with Crippen molar-refractivity contribution in [3.05, 3.63) is 59.7 Å². The van der Waals surface area contributed by atoms with Gasteiger partial charge in [-0.15, -0.1) is 0 Å². The van der Waals surface area contributed by atoms with E-state index in [1.165, 1.54) is 0 Å². The van der Waals surface area contributed by atoms with Crippen molar-refractivity contribution in [1.82, 2.24) is 9.80 Å². The quantitative estimate of drug-likeness (QED) is 0.766. The number of benzene rings is 2. The van der Waals surface area contributed by atoms with Crippen LogP contribution in [0.5, 0.6) is 11.5 Å². The fourth-order valence-electron chi connectivity index (χ4n) is 3.09. The molecule has 2 N–H and O–H groups in total. The van der Waals surface area contributed by atoms with E-state index in [2.05, 4.69) is 0 Å². The number of carbonyl (C=O) groups excluding carboxylic acids is 3. The van der Waals surface area contributed by atoms with E-state index in [9.17, 15) is 14.4 Å². The second-order valence-corrected chi connectivity index (χ2v) is 7.77. The van der Waals surface area contributed by atoms with Crippen LogP contribution in [0.2, 0.25) is 0 Å². The number of hydrogen-bond donors (Lipinski definition) is 1. The maximum Gasteiger partial charge on any atom is 0.409 e. The highest BCUT2D eigenvalue weighted by Gasteiger charge is 2.25. The number of nitrogens with two attached hydrogens (primary N) is 1. The van der Waals surface area contributed by atoms with Crippen LogP contribution < -0.4 is 10.5 Å². The number of hydrogen-bond acceptors (Lipinski definition) is 5. The normalized spacial score (nSPS) is 13.8. The summed E-state index contributed by atoms with van der Waals surface area (Å²) in [4.78, 5) is 39.3. The first-order valence-corrected chi connectivity index (χ1v) is 10.2. The first-order valence-electron chi connectivity index (χ1n) is 10.2. The summed E-state index contributed by atoms with van der Waals surface area (Å²) in [6.07, 6.45) is -0.328. The van der Waals surface area contributed by atoms with Gasteiger partial charge in [0.25, 0.3) is 5.91 Å². The standard InChI is InChI=1S/C23H27N3O5/c1-16(2)15-30-23(29)26-13-11-25(12-14-26)22(28)18-5-9-20(10-6-18)31-19-7-3-17(4-8-19)21(24)27/h3-10,16H,11-15H2,1-2H3,(H2,24,27). The molecule has 31 heavy (non-hydrogen) atoms. The van der Waals surface area contributed by atoms with Crippen molar-refractivity contribution in [3.63, 3.8) is 0 Å². The molecule has 1 aliphatic heterocycles. The Hall–Kier alpha value is -3.55. The first-order chi connectivity index (χ1) is 14.8. The Morgan fingerprint density at radius 2 is 1.32 bits per heavy atom. The van der Waals surface area contributed by atoms with Crippen LogP contribution in [0.15, 0.2) is 48.5 Å². The van der Waals surface area contributed by atoms with Crippen LogP contribution in [0.1, 0.15) is 34.6 Å². The molecule has 0 radical (unpaired) electrons. The van der Waals surface area contributed by atoms with Gasteiger partial charge in [0.2, 0.25) is 5.91 Å². The smallest absolute Gasteiger partial charge is 0.409 e. The third-order valence-corrected chi connectivity index (χ3v) is 4.84. The Balaban J connectivity index is 1.52. The molecule has 2 aromatic rings. The van der Waals surface area contributed by atoms with Crippen molar-refractivity contribution in [2.75, 3.05) is 32.8 Å². The lowest BCUT2D eigenvalue weighted by Crippen LogP contribution is -2.50. The topological polar surface area (TPSA) is 102 Å². The predicted octanol–water partition coefficient (Wildman–Crippen LogP) is 3.13. The molecule has 3 rings (SSSR count). The minimum atomic E-state index is -0.498. The van der Waals surface area contributed by atoms with Crippen LogP contribution in [0.4, 0.5) is 4.79 Å². The van der Waals surface area contributed by atoms with E-state index >= 15 is 0 Å². The minimum absolute atomic E-state index is 0.0902. The van der Waals surface area contributed by atoms with Crippen LogP contribution in [0, 0.1) is 5.92 Å². The van der Waals surface area contributed by atoms with Crippen molar-refractivity contribution >= 4 is 17.9 Å². The highest BCUT2D eigenvalue weighted by Crippen LogP contribution is 2.22. The number of carbonyl (C=O) groups is 3. The molecule has 0 aliphatic carbocycles. The molecule has 8 nitrogen and oxygen atoms in total. The summed E-state index contributed by atoms with van der Waals surface area (Å²) in [6, 6.07) is 13.3. The molecule has 1 heterocycles. The van der Waals surface area contributed by atoms with Gasteiger partial charge in [-0.3, -0.25) is 9.59 Å². The molecule has 8 heteroatoms. The van der Waals surface area contributed by atoms with Gasteiger partial charge >= 0.3 is 6.09 Å². The largest absolute Gasteiger partial charge is 0.457 e. The van der Waals surface area contributed by atoms with Crippen LogP contribution in [-0.4, -0.2) is 60.5 Å². The molecule has 1 fully saturated rings. The van der Waals surface area contributed by atoms with Crippen molar-refractivity contribution in [2.45, 2.75) is 13.8 Å². The molecule has 1 saturated heterocycles. The minimum Gasteiger partial charge on any atom is -0.457 e. The fourth-order valence-corrected chi connectivity index (χ4v) is 3.09. The van der Waals surface area contributed by atoms with Crippen molar-refractivity contribution in [3.8, 4) is 11.5 Å². The molecule has 3 amide bonds. The summed E-state index contributed by atoms with van der Waals surface area (Å²) in [7, 11) is 0. The molecule has 0 aromatic heterocycles. The maximum absolute atomic E-state index is 12.8. The maximum atomic E-state index is 12.8. The van der Waals surface area contributed by atoms with E-state index in [0.29, 0.717) is 55.4 Å². The Kier molecular flexibility index (Phi) is 7.12. The summed E-state index contributed by atoms with van der Waals surface area (Å²) < 4.78 is 11.0. The van der Waals surface area contributed by atoms with Gasteiger partial charge in [0.1, 0.15) is 11.5 Å². The zero-order valence-corrected chi connectivity index (χ0v) is 17.7. The van der Waals surface area contributed by atoms with Crippen LogP contribution in [0.3, 0.4) is 0 Å². The molecule has 0 spiro atoms. The van der Waals surface area contributed by atoms with E-state index in [1.54, 1.807) is 58.3 Å². The zero-order valence-electron chi connectivity index (χ0n) is 17.7. The Labute approximate surface area is 181 Å². The van der Waals surface area contributed by atoms with Crippen molar-refractivity contribution in [2.24, 2.45) is 11.7 Å². The second kappa shape index (κ2) is 9.97. The average molecular weight is 425 g/mol. The summed E-state index contributed by atoms with van der Waals surface area (Å²) in [5.74, 6) is 0.828. The number of rotatable bonds is 6. The van der Waals surface area contributed by atoms with Gasteiger partial charge in [-0.2, -0.15) is 0 Å². The van der Waals surface area contributed by atoms with Gasteiger partial charge in [0, 0.05) is 37.3 Å². The van der Waals surface area contributed by atoms with Gasteiger partial charge in [0.05, 0.1) is 6.61 Å². The molecule has 0 atom stereocenters. The number of amides is 3. The zero-order chi connectivity index (χ0) is 22.4. The molecule has 1 aliphatic rings. The van der Waals surface area contributed by atoms with Gasteiger partial charge in [-0.05, 0) is 54.4 Å². The Morgan fingerprint density at radius 3 is 1.81 bits per heavy atom. The summed E-state index contributed by atoms with van der Waals surface area (Å²) in [6.45, 7) is 6.18. The number of nitrogens with zero attached hydrogens (tertiary/aromatic N) is 2. The van der Waals surface area contributed by atoms with Gasteiger partial charge < -0.3 is 25.0 Å². The van der Waals surface area contributed by atoms with E-state index in [1.807, 2.05) is 13.8 Å². The molecular weight excluding hydrogens is 398 g/mol. The summed E-state index contributed by atoms with van der Waals surface area (Å²) in [5, 5.41) is 0. The van der Waals surface area contributed by atoms with Crippen molar-refractivity contribution < 1.29 is 23.9 Å². The molecule has 0 saturated carbocycles. The molecule has 0 unspecified atom stereocenters. The van der Waals surface area contributed by atoms with Gasteiger partial charge in [-0.1, -0.05) is 13.8 Å². The first kappa shape index (κ1) is 22.1. The lowest BCUT2D eigenvalue weighted by Gasteiger charge is -2.34. The molecule has 2 aromatic carbocycles. The number of piperazine rings is 1. The van der Waals surface area contributed by atoms with Gasteiger partial charge in [-0.25, -0.2) is 4.79 Å². The number of ether oxygens (including phenoxy) is 2. The van der Waals surface area contributed by atoms with Crippen LogP contribution >= 0.6 is 0 Å². The third-order valence-electron chi connectivity index (χ3n) is 4.84. The van der Waals surface area contributed by atoms with Crippen molar-refractivity contribution in [1.29, 1.82) is 0 Å². The lowest BCUT2D eigenvalue weighted by atomic mass is 10.1. The van der Waals surface area contributed by atoms with Crippen LogP contribution in [-0.2, 0) is 4.74 Å². The monoisotopic (exact) mass is 425 g/mol. The van der Waals surface area contributed by atoms with E-state index in [0.717, 1.165) is 0 Å².